The standard InChI is InChI=1S/C62H120O17P2/c1-7-9-11-13-14-15-16-17-18-19-22-28-34-40-46-61(66)79-58(51-73-60(65)45-39-33-27-23-20-21-25-31-36-42-54(3)4)53-77-81(70,71)75-49-56(63)48-74-80(68,69)76-52-57(50-72-59(64)44-38-30-12-10-8-2)78-62(67)47-41-35-29-24-26-32-37-43-55(5)6/h54-58,63H,7-53H2,1-6H3,(H,68,69)(H,70,71)/t56-,57+,58+/m0/s1. The summed E-state index contributed by atoms with van der Waals surface area (Å²) in [5.41, 5.74) is 0. The maximum atomic E-state index is 13.0. The fourth-order valence-corrected chi connectivity index (χ4v) is 10.8. The number of ether oxygens (including phenoxy) is 4. The van der Waals surface area contributed by atoms with Gasteiger partial charge in [-0.15, -0.1) is 0 Å². The summed E-state index contributed by atoms with van der Waals surface area (Å²) in [4.78, 5) is 71.9. The molecule has 0 aromatic heterocycles. The fourth-order valence-electron chi connectivity index (χ4n) is 9.18. The molecular formula is C62H120O17P2. The summed E-state index contributed by atoms with van der Waals surface area (Å²) >= 11 is 0. The van der Waals surface area contributed by atoms with Gasteiger partial charge in [0.15, 0.2) is 12.2 Å². The minimum absolute atomic E-state index is 0.102. The zero-order chi connectivity index (χ0) is 60.1. The Labute approximate surface area is 492 Å². The lowest BCUT2D eigenvalue weighted by Gasteiger charge is -2.21. The molecule has 2 unspecified atom stereocenters. The van der Waals surface area contributed by atoms with Gasteiger partial charge in [0.05, 0.1) is 26.4 Å². The van der Waals surface area contributed by atoms with Crippen molar-refractivity contribution in [3.05, 3.63) is 0 Å². The average Bonchev–Trinajstić information content (AvgIpc) is 3.42. The summed E-state index contributed by atoms with van der Waals surface area (Å²) in [5, 5.41) is 10.5. The molecule has 81 heavy (non-hydrogen) atoms. The van der Waals surface area contributed by atoms with Crippen LogP contribution in [0.5, 0.6) is 0 Å². The Balaban J connectivity index is 5.18. The third-order valence-electron chi connectivity index (χ3n) is 14.2. The molecule has 0 rings (SSSR count). The van der Waals surface area contributed by atoms with Gasteiger partial charge in [0.25, 0.3) is 0 Å². The van der Waals surface area contributed by atoms with E-state index in [0.717, 1.165) is 102 Å². The highest BCUT2D eigenvalue weighted by atomic mass is 31.2. The lowest BCUT2D eigenvalue weighted by molar-refractivity contribution is -0.161. The Hall–Kier alpha value is -1.94. The third kappa shape index (κ3) is 56.9. The number of unbranched alkanes of at least 4 members (excludes halogenated alkanes) is 31. The fraction of sp³-hybridized carbons (Fsp3) is 0.935. The second kappa shape index (κ2) is 54.7. The number of carbonyl (C=O) groups is 4. The van der Waals surface area contributed by atoms with Crippen molar-refractivity contribution in [1.29, 1.82) is 0 Å². The molecule has 0 aliphatic rings. The molecule has 0 fully saturated rings. The summed E-state index contributed by atoms with van der Waals surface area (Å²) in [6.07, 6.45) is 36.6. The van der Waals surface area contributed by atoms with Crippen LogP contribution in [0, 0.1) is 11.8 Å². The number of carbonyl (C=O) groups excluding carboxylic acids is 4. The van der Waals surface area contributed by atoms with E-state index in [-0.39, 0.29) is 25.7 Å². The van der Waals surface area contributed by atoms with Gasteiger partial charge in [-0.1, -0.05) is 253 Å². The van der Waals surface area contributed by atoms with Crippen molar-refractivity contribution in [3.8, 4) is 0 Å². The summed E-state index contributed by atoms with van der Waals surface area (Å²) < 4.78 is 67.7. The number of aliphatic hydroxyl groups is 1. The Kier molecular flexibility index (Phi) is 53.4. The number of phosphoric ester groups is 2. The summed E-state index contributed by atoms with van der Waals surface area (Å²) in [7, 11) is -9.87. The zero-order valence-corrected chi connectivity index (χ0v) is 53.9. The molecule has 0 aromatic carbocycles. The molecule has 0 aliphatic heterocycles. The minimum Gasteiger partial charge on any atom is -0.462 e. The summed E-state index contributed by atoms with van der Waals surface area (Å²) in [6.45, 7) is 9.31. The van der Waals surface area contributed by atoms with E-state index in [9.17, 15) is 43.2 Å². The first-order chi connectivity index (χ1) is 38.9. The van der Waals surface area contributed by atoms with Gasteiger partial charge in [0, 0.05) is 25.7 Å². The van der Waals surface area contributed by atoms with Crippen LogP contribution in [0.1, 0.15) is 305 Å². The summed E-state index contributed by atoms with van der Waals surface area (Å²) in [6, 6.07) is 0. The average molecular weight is 1200 g/mol. The second-order valence-electron chi connectivity index (χ2n) is 23.4. The molecule has 0 spiro atoms. The van der Waals surface area contributed by atoms with Crippen molar-refractivity contribution in [2.45, 2.75) is 323 Å². The molecule has 0 saturated heterocycles. The molecule has 0 aromatic rings. The highest BCUT2D eigenvalue weighted by Gasteiger charge is 2.30. The molecular weight excluding hydrogens is 1080 g/mol. The maximum absolute atomic E-state index is 13.0. The first-order valence-electron chi connectivity index (χ1n) is 32.5. The van der Waals surface area contributed by atoms with Crippen molar-refractivity contribution in [2.75, 3.05) is 39.6 Å². The molecule has 0 saturated carbocycles. The summed E-state index contributed by atoms with van der Waals surface area (Å²) in [5.74, 6) is -0.708. The second-order valence-corrected chi connectivity index (χ2v) is 26.3. The van der Waals surface area contributed by atoms with E-state index in [1.165, 1.54) is 116 Å². The van der Waals surface area contributed by atoms with E-state index >= 15 is 0 Å². The number of phosphoric acid groups is 2. The smallest absolute Gasteiger partial charge is 0.462 e. The Morgan fingerprint density at radius 3 is 0.840 bits per heavy atom. The van der Waals surface area contributed by atoms with Gasteiger partial charge in [0.1, 0.15) is 19.3 Å². The van der Waals surface area contributed by atoms with Crippen molar-refractivity contribution in [1.82, 2.24) is 0 Å². The van der Waals surface area contributed by atoms with Crippen LogP contribution in [0.2, 0.25) is 0 Å². The zero-order valence-electron chi connectivity index (χ0n) is 52.1. The van der Waals surface area contributed by atoms with Gasteiger partial charge < -0.3 is 33.8 Å². The van der Waals surface area contributed by atoms with Crippen LogP contribution in [0.3, 0.4) is 0 Å². The molecule has 0 bridgehead atoms. The maximum Gasteiger partial charge on any atom is 0.472 e. The van der Waals surface area contributed by atoms with Crippen molar-refractivity contribution in [3.63, 3.8) is 0 Å². The Morgan fingerprint density at radius 1 is 0.333 bits per heavy atom. The lowest BCUT2D eigenvalue weighted by Crippen LogP contribution is -2.30. The molecule has 0 amide bonds. The largest absolute Gasteiger partial charge is 0.472 e. The number of aliphatic hydroxyl groups excluding tert-OH is 1. The predicted octanol–water partition coefficient (Wildman–Crippen LogP) is 16.9. The molecule has 19 heteroatoms. The molecule has 5 atom stereocenters. The highest BCUT2D eigenvalue weighted by molar-refractivity contribution is 7.47. The molecule has 3 N–H and O–H groups in total. The van der Waals surface area contributed by atoms with Gasteiger partial charge in [-0.05, 0) is 37.5 Å². The SMILES string of the molecule is CCCCCCCCCCCCCCCCC(=O)O[C@H](COC(=O)CCCCCCCCCCCC(C)C)COP(=O)(O)OC[C@@H](O)COP(=O)(O)OC[C@@H](COC(=O)CCCCCCC)OC(=O)CCCCCCCCCC(C)C. The number of rotatable bonds is 61. The minimum atomic E-state index is -4.94. The molecule has 17 nitrogen and oxygen atoms in total. The van der Waals surface area contributed by atoms with Crippen LogP contribution in [-0.2, 0) is 65.4 Å². The van der Waals surface area contributed by atoms with Crippen LogP contribution in [-0.4, -0.2) is 96.7 Å². The van der Waals surface area contributed by atoms with Crippen LogP contribution in [0.15, 0.2) is 0 Å². The molecule has 480 valence electrons. The van der Waals surface area contributed by atoms with E-state index in [0.29, 0.717) is 31.6 Å². The quantitative estimate of drug-likeness (QED) is 0.0222. The van der Waals surface area contributed by atoms with Gasteiger partial charge in [-0.3, -0.25) is 37.3 Å². The molecule has 0 aliphatic carbocycles. The Morgan fingerprint density at radius 2 is 0.568 bits per heavy atom. The third-order valence-corrected chi connectivity index (χ3v) is 16.1. The molecule has 0 heterocycles. The van der Waals surface area contributed by atoms with E-state index in [1.54, 1.807) is 0 Å². The Bertz CT molecular complexity index is 1600. The number of esters is 4. The van der Waals surface area contributed by atoms with Crippen molar-refractivity contribution >= 4 is 39.5 Å². The monoisotopic (exact) mass is 1200 g/mol. The topological polar surface area (TPSA) is 237 Å². The molecule has 0 radical (unpaired) electrons. The van der Waals surface area contributed by atoms with E-state index in [4.69, 9.17) is 37.0 Å². The van der Waals surface area contributed by atoms with E-state index in [1.807, 2.05) is 0 Å². The van der Waals surface area contributed by atoms with Crippen molar-refractivity contribution < 1.29 is 80.2 Å². The van der Waals surface area contributed by atoms with E-state index < -0.39 is 97.5 Å². The first kappa shape index (κ1) is 79.1. The van der Waals surface area contributed by atoms with Crippen LogP contribution < -0.4 is 0 Å². The van der Waals surface area contributed by atoms with Crippen LogP contribution in [0.4, 0.5) is 0 Å². The highest BCUT2D eigenvalue weighted by Crippen LogP contribution is 2.45. The van der Waals surface area contributed by atoms with Crippen LogP contribution in [0.25, 0.3) is 0 Å². The lowest BCUT2D eigenvalue weighted by atomic mass is 10.0. The normalized spacial score (nSPS) is 14.4. The van der Waals surface area contributed by atoms with Crippen molar-refractivity contribution in [2.24, 2.45) is 11.8 Å². The number of hydrogen-bond donors (Lipinski definition) is 3. The predicted molar refractivity (Wildman–Crippen MR) is 321 cm³/mol. The first-order valence-corrected chi connectivity index (χ1v) is 35.5. The van der Waals surface area contributed by atoms with Gasteiger partial charge >= 0.3 is 39.5 Å². The van der Waals surface area contributed by atoms with Gasteiger partial charge in [0.2, 0.25) is 0 Å². The van der Waals surface area contributed by atoms with E-state index in [2.05, 4.69) is 41.5 Å². The van der Waals surface area contributed by atoms with Gasteiger partial charge in [-0.2, -0.15) is 0 Å². The number of hydrogen-bond acceptors (Lipinski definition) is 15. The van der Waals surface area contributed by atoms with Gasteiger partial charge in [-0.25, -0.2) is 9.13 Å². The van der Waals surface area contributed by atoms with Crippen LogP contribution >= 0.6 is 15.6 Å².